The number of aromatic nitrogens is 5. The maximum Gasteiger partial charge on any atom is 0.337 e. The number of amides is 1. The largest absolute Gasteiger partial charge is 0.497 e. The number of aromatic amines is 5. The first-order valence-corrected chi connectivity index (χ1v) is 46.7. The average molecular weight is 2240 g/mol. The molecule has 0 saturated heterocycles. The first-order valence-electron chi connectivity index (χ1n) is 41.3. The fourth-order valence-corrected chi connectivity index (χ4v) is 18.4. The highest BCUT2D eigenvalue weighted by Gasteiger charge is 2.45. The molecule has 0 bridgehead atoms. The topological polar surface area (TPSA) is 471 Å². The zero-order chi connectivity index (χ0) is 98.6. The van der Waals surface area contributed by atoms with Gasteiger partial charge in [-0.25, -0.2) is 24.0 Å². The number of rotatable bonds is 19. The summed E-state index contributed by atoms with van der Waals surface area (Å²) in [6.45, 7) is 0. The van der Waals surface area contributed by atoms with Crippen LogP contribution in [0.4, 0.5) is 0 Å². The van der Waals surface area contributed by atoms with Gasteiger partial charge in [-0.3, -0.25) is 39.4 Å². The van der Waals surface area contributed by atoms with Crippen molar-refractivity contribution in [2.24, 2.45) is 11.5 Å². The molecule has 710 valence electrons. The number of aliphatic carboxylic acids is 3. The highest BCUT2D eigenvalue weighted by Crippen LogP contribution is 2.45. The number of alkyl halides is 2. The molecule has 3 aliphatic heterocycles. The Bertz CT molecular complexity index is 6580. The summed E-state index contributed by atoms with van der Waals surface area (Å²) in [7, 11) is 9.56. The third-order valence-electron chi connectivity index (χ3n) is 22.5. The van der Waals surface area contributed by atoms with Crippen molar-refractivity contribution in [1.29, 1.82) is 0 Å². The van der Waals surface area contributed by atoms with Crippen LogP contribution in [0.15, 0.2) is 223 Å². The van der Waals surface area contributed by atoms with Crippen LogP contribution in [-0.4, -0.2) is 202 Å². The molecule has 136 heavy (non-hydrogen) atoms. The minimum Gasteiger partial charge on any atom is -0.497 e. The molecule has 0 fully saturated rings. The lowest BCUT2D eigenvalue weighted by Gasteiger charge is -2.40. The Hall–Kier alpha value is -12.0. The number of carboxylic acid groups (broad SMARTS) is 3. The zero-order valence-corrected chi connectivity index (χ0v) is 83.6. The first kappa shape index (κ1) is 104. The van der Waals surface area contributed by atoms with Crippen molar-refractivity contribution < 1.29 is 101 Å². The number of nitrogens with zero attached hydrogens (tertiary/aromatic N) is 1. The number of carbonyl (C=O) groups is 11. The normalized spacial score (nSPS) is 15.8. The van der Waals surface area contributed by atoms with E-state index >= 15 is 0 Å². The third kappa shape index (κ3) is 24.5. The number of nitrogens with one attached hydrogen (secondary N) is 7. The number of fused-ring (bicyclic) bond motifs is 11. The molecule has 0 spiro atoms. The van der Waals surface area contributed by atoms with Crippen molar-refractivity contribution >= 4 is 234 Å². The number of hydrogen-bond acceptors (Lipinski definition) is 22. The Morgan fingerprint density at radius 2 is 0.743 bits per heavy atom. The van der Waals surface area contributed by atoms with Crippen LogP contribution in [0.1, 0.15) is 121 Å². The van der Waals surface area contributed by atoms with Crippen LogP contribution in [0.3, 0.4) is 0 Å². The van der Waals surface area contributed by atoms with Gasteiger partial charge in [0.15, 0.2) is 0 Å². The molecule has 39 heteroatoms. The first-order chi connectivity index (χ1) is 65.2. The Balaban J connectivity index is 0.000000159. The minimum absolute atomic E-state index is 0.0957. The van der Waals surface area contributed by atoms with Crippen LogP contribution in [-0.2, 0) is 94.1 Å². The minimum atomic E-state index is -0.982. The average Bonchev–Trinajstić information content (AvgIpc) is 1.57. The van der Waals surface area contributed by atoms with Gasteiger partial charge in [-0.1, -0.05) is 97.1 Å². The number of ether oxygens (including phenoxy) is 7. The van der Waals surface area contributed by atoms with E-state index in [0.717, 1.165) is 139 Å². The van der Waals surface area contributed by atoms with E-state index in [1.807, 2.05) is 121 Å². The molecular weight excluding hydrogens is 2150 g/mol. The second-order valence-electron chi connectivity index (χ2n) is 30.5. The van der Waals surface area contributed by atoms with Crippen molar-refractivity contribution in [2.45, 2.75) is 80.4 Å². The molecule has 14 N–H and O–H groups in total. The Kier molecular flexibility index (Phi) is 37.0. The van der Waals surface area contributed by atoms with Gasteiger partial charge < -0.3 is 89.8 Å². The molecule has 8 atom stereocenters. The Morgan fingerprint density at radius 1 is 0.412 bits per heavy atom. The summed E-state index contributed by atoms with van der Waals surface area (Å²) in [6.07, 6.45) is 5.55. The molecule has 17 rings (SSSR count). The molecule has 0 saturated carbocycles. The number of halogens is 8. The van der Waals surface area contributed by atoms with Crippen molar-refractivity contribution in [3.05, 3.63) is 307 Å². The van der Waals surface area contributed by atoms with Crippen LogP contribution >= 0.6 is 114 Å². The van der Waals surface area contributed by atoms with Gasteiger partial charge in [0.2, 0.25) is 11.1 Å². The molecule has 3 aliphatic rings. The molecule has 0 aliphatic carbocycles. The Labute approximate surface area is 834 Å². The van der Waals surface area contributed by atoms with Crippen molar-refractivity contribution in [3.8, 4) is 5.75 Å². The van der Waals surface area contributed by atoms with Gasteiger partial charge in [-0.05, 0) is 227 Å². The van der Waals surface area contributed by atoms with Gasteiger partial charge in [0.05, 0.1) is 124 Å². The quantitative estimate of drug-likeness (QED) is 0.0155. The summed E-state index contributed by atoms with van der Waals surface area (Å²) in [6, 6.07) is 51.8. The Morgan fingerprint density at radius 3 is 1.07 bits per heavy atom. The highest BCUT2D eigenvalue weighted by atomic mass is 79.9. The number of carboxylic acids is 3. The lowest BCUT2D eigenvalue weighted by molar-refractivity contribution is -0.154. The summed E-state index contributed by atoms with van der Waals surface area (Å²) < 4.78 is 38.0. The number of benzene rings is 9. The van der Waals surface area contributed by atoms with E-state index in [9.17, 15) is 63.0 Å². The summed E-state index contributed by atoms with van der Waals surface area (Å²) >= 11 is 33.1. The van der Waals surface area contributed by atoms with E-state index in [2.05, 4.69) is 125 Å². The van der Waals surface area contributed by atoms with E-state index in [-0.39, 0.29) is 36.2 Å². The van der Waals surface area contributed by atoms with Crippen LogP contribution in [0.2, 0.25) is 0 Å². The lowest BCUT2D eigenvalue weighted by Crippen LogP contribution is -2.52. The lowest BCUT2D eigenvalue weighted by atomic mass is 9.87. The molecule has 0 unspecified atom stereocenters. The van der Waals surface area contributed by atoms with Gasteiger partial charge in [0, 0.05) is 111 Å². The summed E-state index contributed by atoms with van der Waals surface area (Å²) in [5, 5.41) is 38.9. The van der Waals surface area contributed by atoms with Crippen LogP contribution in [0.25, 0.3) is 54.5 Å². The number of H-pyrrole nitrogens is 5. The van der Waals surface area contributed by atoms with Gasteiger partial charge in [0.1, 0.15) is 41.8 Å². The number of methoxy groups -OCH3 is 7. The second-order valence-corrected chi connectivity index (χ2v) is 35.7. The number of esters is 6. The maximum absolute atomic E-state index is 13.0. The van der Waals surface area contributed by atoms with Crippen LogP contribution in [0, 0.1) is 0 Å². The summed E-state index contributed by atoms with van der Waals surface area (Å²) in [5.41, 5.74) is 27.8. The summed E-state index contributed by atoms with van der Waals surface area (Å²) in [4.78, 5) is 145. The molecule has 8 heterocycles. The van der Waals surface area contributed by atoms with Crippen molar-refractivity contribution in [2.75, 3.05) is 61.5 Å². The standard InChI is InChI=1S/C23H20BrClN2O5.2C20H17BrN2O4.C12H13BrN2O2.C11H11BrN2O2.C9H10O3.C2H2Cl2O/c1-31-22(29)13-8-6-12(7-9-13)21-20-15(14-4-3-5-16(24)19(14)26-20)10-17(23(30)32-2)27(21)18(28)11-25;2*1-27-20(26)11-7-5-10(6-8-11)16-18-13(9-15(22-16)19(24)25)12-3-2-4-14(21)17(12)23-18;1-17-12(16)10(14)5-7-6-15-11-8(7)3-2-4-9(11)13;12-8-3-1-2-7-6(5-14-10(7)8)4-9(13)11(15)16;1-11-8-5-3-7(4-6-8)9(10)12-2;3-1-2(4)5/h3-9,17,21,26H,10-11H2,1-2H3;2*2-8,15-16,22-23H,9H2,1H3,(H,24,25);2-4,6,10,15H,5,14H2,1H3;1-3,5,9,14H,4,13H2,(H,15,16);3-6H,1-2H3;1H2/t17-,21+;15-,16+;15-,16-;10-;9-;;/m11111../s1. The zero-order valence-electron chi connectivity index (χ0n) is 73.4. The van der Waals surface area contributed by atoms with Gasteiger partial charge in [-0.2, -0.15) is 0 Å². The SMILES string of the molecule is COC(=O)[C@H](N)Cc1c[nH]c2c(Br)cccc12.COC(=O)c1ccc(OC)cc1.COC(=O)c1ccc([C@@H]2N[C@@H](C(=O)O)Cc3c2[nH]c2c(Br)cccc32)cc1.COC(=O)c1ccc([C@H]2N[C@@H](C(=O)O)Cc3c2[nH]c2c(Br)cccc32)cc1.COC(=O)c1ccc([C@H]2c3[nH]c4c(Br)cccc4c3C[C@H](C(=O)OC)N2C(=O)CCl)cc1.N[C@H](Cc1c[nH]c2c(Br)cccc12)C(=O)O.O=C(Cl)CCl. The molecule has 14 aromatic rings. The van der Waals surface area contributed by atoms with E-state index in [4.69, 9.17) is 75.1 Å². The van der Waals surface area contributed by atoms with Gasteiger partial charge in [-0.15, -0.1) is 23.2 Å². The number of para-hydroxylation sites is 5. The molecule has 0 radical (unpaired) electrons. The van der Waals surface area contributed by atoms with Crippen molar-refractivity contribution in [1.82, 2.24) is 40.5 Å². The van der Waals surface area contributed by atoms with Gasteiger partial charge in [0.25, 0.3) is 0 Å². The van der Waals surface area contributed by atoms with Crippen molar-refractivity contribution in [3.63, 3.8) is 0 Å². The fraction of sp³-hybridized carbons (Fsp3) is 0.227. The molecule has 1 amide bonds. The fourth-order valence-electron chi connectivity index (χ4n) is 15.9. The molecule has 31 nitrogen and oxygen atoms in total. The number of carbonyl (C=O) groups excluding carboxylic acids is 8. The van der Waals surface area contributed by atoms with Crippen LogP contribution < -0.4 is 26.8 Å². The molecule has 9 aromatic carbocycles. The third-order valence-corrected chi connectivity index (χ3v) is 26.5. The molecular formula is C97H90Br5Cl3N10O21. The summed E-state index contributed by atoms with van der Waals surface area (Å²) in [5.74, 6) is -5.33. The predicted octanol–water partition coefficient (Wildman–Crippen LogP) is 17.1. The van der Waals surface area contributed by atoms with E-state index in [0.29, 0.717) is 53.5 Å². The highest BCUT2D eigenvalue weighted by molar-refractivity contribution is 9.11. The molecule has 5 aromatic heterocycles. The van der Waals surface area contributed by atoms with Crippen LogP contribution in [0.5, 0.6) is 5.75 Å². The van der Waals surface area contributed by atoms with E-state index in [1.54, 1.807) is 86.1 Å². The number of nitrogens with two attached hydrogens (primary N) is 2. The maximum atomic E-state index is 13.0. The second kappa shape index (κ2) is 48.1. The number of hydrogen-bond donors (Lipinski definition) is 12. The van der Waals surface area contributed by atoms with E-state index in [1.165, 1.54) is 47.6 Å². The van der Waals surface area contributed by atoms with E-state index < -0.39 is 95.2 Å². The predicted molar refractivity (Wildman–Crippen MR) is 531 cm³/mol. The van der Waals surface area contributed by atoms with Gasteiger partial charge >= 0.3 is 53.7 Å². The monoisotopic (exact) mass is 2230 g/mol. The smallest absolute Gasteiger partial charge is 0.337 e.